The molecule has 1 aliphatic rings. The summed E-state index contributed by atoms with van der Waals surface area (Å²) in [6.07, 6.45) is 5.67. The van der Waals surface area contributed by atoms with Crippen LogP contribution in [0.25, 0.3) is 0 Å². The third kappa shape index (κ3) is 3.73. The summed E-state index contributed by atoms with van der Waals surface area (Å²) in [5.74, 6) is 1.19. The van der Waals surface area contributed by atoms with Crippen molar-refractivity contribution in [1.82, 2.24) is 0 Å². The summed E-state index contributed by atoms with van der Waals surface area (Å²) in [5.41, 5.74) is 1.98. The maximum atomic E-state index is 12.1. The minimum absolute atomic E-state index is 0.186. The molecule has 2 nitrogen and oxygen atoms in total. The summed E-state index contributed by atoms with van der Waals surface area (Å²) >= 11 is 6.11. The molecule has 0 amide bonds. The van der Waals surface area contributed by atoms with Gasteiger partial charge in [-0.1, -0.05) is 30.9 Å². The van der Waals surface area contributed by atoms with Crippen molar-refractivity contribution in [1.29, 1.82) is 0 Å². The normalized spacial score (nSPS) is 16.4. The fraction of sp³-hybridized carbons (Fsp3) is 0.562. The SMILES string of the molecule is Cc1cc(OCC(=O)C2CCCCC2)cc(C)c1Cl. The number of hydrogen-bond donors (Lipinski definition) is 0. The number of rotatable bonds is 4. The molecule has 1 aliphatic carbocycles. The number of aryl methyl sites for hydroxylation is 2. The lowest BCUT2D eigenvalue weighted by atomic mass is 9.86. The smallest absolute Gasteiger partial charge is 0.173 e. The van der Waals surface area contributed by atoms with Gasteiger partial charge < -0.3 is 4.74 Å². The number of hydrogen-bond acceptors (Lipinski definition) is 2. The number of Topliss-reactive ketones (excluding diaryl/α,β-unsaturated/α-hetero) is 1. The van der Waals surface area contributed by atoms with Gasteiger partial charge in [-0.3, -0.25) is 4.79 Å². The van der Waals surface area contributed by atoms with E-state index >= 15 is 0 Å². The van der Waals surface area contributed by atoms with Crippen molar-refractivity contribution in [2.24, 2.45) is 5.92 Å². The van der Waals surface area contributed by atoms with Gasteiger partial charge in [0, 0.05) is 10.9 Å². The zero-order valence-electron chi connectivity index (χ0n) is 11.7. The molecule has 19 heavy (non-hydrogen) atoms. The Morgan fingerprint density at radius 1 is 1.21 bits per heavy atom. The topological polar surface area (TPSA) is 26.3 Å². The van der Waals surface area contributed by atoms with Gasteiger partial charge in [0.1, 0.15) is 12.4 Å². The number of ketones is 1. The fourth-order valence-electron chi connectivity index (χ4n) is 2.69. The monoisotopic (exact) mass is 280 g/mol. The van der Waals surface area contributed by atoms with Gasteiger partial charge in [0.15, 0.2) is 5.78 Å². The average molecular weight is 281 g/mol. The Morgan fingerprint density at radius 2 is 1.79 bits per heavy atom. The summed E-state index contributed by atoms with van der Waals surface area (Å²) in [6, 6.07) is 3.78. The number of benzene rings is 1. The Balaban J connectivity index is 1.93. The molecule has 0 N–H and O–H groups in total. The van der Waals surface area contributed by atoms with E-state index in [2.05, 4.69) is 0 Å². The third-order valence-electron chi connectivity index (χ3n) is 3.85. The maximum Gasteiger partial charge on any atom is 0.173 e. The van der Waals surface area contributed by atoms with Gasteiger partial charge in [0.2, 0.25) is 0 Å². The second-order valence-electron chi connectivity index (χ2n) is 5.46. The molecule has 0 saturated heterocycles. The number of carbonyl (C=O) groups excluding carboxylic acids is 1. The zero-order chi connectivity index (χ0) is 13.8. The highest BCUT2D eigenvalue weighted by Gasteiger charge is 2.21. The largest absolute Gasteiger partial charge is 0.486 e. The lowest BCUT2D eigenvalue weighted by molar-refractivity contribution is -0.125. The Morgan fingerprint density at radius 3 is 2.37 bits per heavy atom. The second kappa shape index (κ2) is 6.42. The summed E-state index contributed by atoms with van der Waals surface area (Å²) in [7, 11) is 0. The summed E-state index contributed by atoms with van der Waals surface area (Å²) in [4.78, 5) is 12.1. The molecule has 1 fully saturated rings. The minimum Gasteiger partial charge on any atom is -0.486 e. The minimum atomic E-state index is 0.186. The molecule has 1 aromatic carbocycles. The molecule has 1 saturated carbocycles. The first-order valence-electron chi connectivity index (χ1n) is 7.00. The molecule has 1 aromatic rings. The van der Waals surface area contributed by atoms with E-state index in [4.69, 9.17) is 16.3 Å². The Hall–Kier alpha value is -1.02. The lowest BCUT2D eigenvalue weighted by Gasteiger charge is -2.20. The maximum absolute atomic E-state index is 12.1. The van der Waals surface area contributed by atoms with Gasteiger partial charge in [0.25, 0.3) is 0 Å². The predicted molar refractivity (Wildman–Crippen MR) is 78.0 cm³/mol. The Kier molecular flexibility index (Phi) is 4.87. The van der Waals surface area contributed by atoms with Crippen LogP contribution in [-0.4, -0.2) is 12.4 Å². The van der Waals surface area contributed by atoms with Crippen LogP contribution in [0.4, 0.5) is 0 Å². The van der Waals surface area contributed by atoms with Crippen LogP contribution in [0.2, 0.25) is 5.02 Å². The molecule has 0 spiro atoms. The van der Waals surface area contributed by atoms with E-state index in [0.29, 0.717) is 0 Å². The molecule has 0 unspecified atom stereocenters. The molecule has 0 aromatic heterocycles. The quantitative estimate of drug-likeness (QED) is 0.812. The van der Waals surface area contributed by atoms with Crippen LogP contribution in [0.15, 0.2) is 12.1 Å². The van der Waals surface area contributed by atoms with Crippen LogP contribution in [0, 0.1) is 19.8 Å². The van der Waals surface area contributed by atoms with E-state index in [1.807, 2.05) is 26.0 Å². The highest BCUT2D eigenvalue weighted by molar-refractivity contribution is 6.32. The predicted octanol–water partition coefficient (Wildman–Crippen LogP) is 4.49. The molecule has 2 rings (SSSR count). The Labute approximate surface area is 120 Å². The van der Waals surface area contributed by atoms with Crippen LogP contribution in [0.3, 0.4) is 0 Å². The van der Waals surface area contributed by atoms with Gasteiger partial charge in [-0.15, -0.1) is 0 Å². The fourth-order valence-corrected chi connectivity index (χ4v) is 2.80. The molecule has 0 radical (unpaired) electrons. The lowest BCUT2D eigenvalue weighted by Crippen LogP contribution is -2.23. The molecule has 0 heterocycles. The molecule has 0 bridgehead atoms. The van der Waals surface area contributed by atoms with E-state index < -0.39 is 0 Å². The van der Waals surface area contributed by atoms with E-state index in [-0.39, 0.29) is 18.3 Å². The van der Waals surface area contributed by atoms with Crippen LogP contribution in [0.1, 0.15) is 43.2 Å². The van der Waals surface area contributed by atoms with Crippen LogP contribution >= 0.6 is 11.6 Å². The van der Waals surface area contributed by atoms with Crippen molar-refractivity contribution in [2.75, 3.05) is 6.61 Å². The molecule has 3 heteroatoms. The van der Waals surface area contributed by atoms with Gasteiger partial charge in [-0.05, 0) is 49.9 Å². The van der Waals surface area contributed by atoms with Crippen molar-refractivity contribution >= 4 is 17.4 Å². The van der Waals surface area contributed by atoms with Crippen molar-refractivity contribution in [3.05, 3.63) is 28.3 Å². The van der Waals surface area contributed by atoms with Crippen LogP contribution in [0.5, 0.6) is 5.75 Å². The first-order chi connectivity index (χ1) is 9.08. The van der Waals surface area contributed by atoms with E-state index in [0.717, 1.165) is 34.7 Å². The molecular weight excluding hydrogens is 260 g/mol. The second-order valence-corrected chi connectivity index (χ2v) is 5.84. The van der Waals surface area contributed by atoms with Crippen molar-refractivity contribution in [3.63, 3.8) is 0 Å². The highest BCUT2D eigenvalue weighted by Crippen LogP contribution is 2.27. The summed E-state index contributed by atoms with van der Waals surface area (Å²) < 4.78 is 5.63. The average Bonchev–Trinajstić information content (AvgIpc) is 2.43. The first kappa shape index (κ1) is 14.4. The summed E-state index contributed by atoms with van der Waals surface area (Å²) in [6.45, 7) is 4.08. The zero-order valence-corrected chi connectivity index (χ0v) is 12.4. The molecular formula is C16H21ClO2. The number of ether oxygens (including phenoxy) is 1. The van der Waals surface area contributed by atoms with E-state index in [1.54, 1.807) is 0 Å². The van der Waals surface area contributed by atoms with E-state index in [1.165, 1.54) is 19.3 Å². The number of carbonyl (C=O) groups is 1. The van der Waals surface area contributed by atoms with Crippen LogP contribution < -0.4 is 4.74 Å². The van der Waals surface area contributed by atoms with Crippen molar-refractivity contribution < 1.29 is 9.53 Å². The molecule has 0 atom stereocenters. The van der Waals surface area contributed by atoms with Crippen LogP contribution in [-0.2, 0) is 4.79 Å². The molecule has 0 aliphatic heterocycles. The van der Waals surface area contributed by atoms with Gasteiger partial charge in [0.05, 0.1) is 0 Å². The summed E-state index contributed by atoms with van der Waals surface area (Å²) in [5, 5.41) is 0.769. The van der Waals surface area contributed by atoms with Crippen molar-refractivity contribution in [2.45, 2.75) is 46.0 Å². The third-order valence-corrected chi connectivity index (χ3v) is 4.45. The van der Waals surface area contributed by atoms with Crippen molar-refractivity contribution in [3.8, 4) is 5.75 Å². The first-order valence-corrected chi connectivity index (χ1v) is 7.38. The van der Waals surface area contributed by atoms with E-state index in [9.17, 15) is 4.79 Å². The molecule has 104 valence electrons. The number of halogens is 1. The highest BCUT2D eigenvalue weighted by atomic mass is 35.5. The van der Waals surface area contributed by atoms with Gasteiger partial charge >= 0.3 is 0 Å². The van der Waals surface area contributed by atoms with Gasteiger partial charge in [-0.25, -0.2) is 0 Å². The standard InChI is InChI=1S/C16H21ClO2/c1-11-8-14(9-12(2)16(11)17)19-10-15(18)13-6-4-3-5-7-13/h8-9,13H,3-7,10H2,1-2H3. The van der Waals surface area contributed by atoms with Gasteiger partial charge in [-0.2, -0.15) is 0 Å². The Bertz CT molecular complexity index is 439.